The van der Waals surface area contributed by atoms with Gasteiger partial charge in [-0.25, -0.2) is 9.59 Å². The third kappa shape index (κ3) is 3.63. The van der Waals surface area contributed by atoms with Crippen LogP contribution in [0.2, 0.25) is 0 Å². The second-order valence-electron chi connectivity index (χ2n) is 4.61. The van der Waals surface area contributed by atoms with Crippen LogP contribution in [-0.4, -0.2) is 37.7 Å². The van der Waals surface area contributed by atoms with Crippen molar-refractivity contribution in [3.8, 4) is 5.75 Å². The molecule has 1 atom stereocenters. The molecule has 0 bridgehead atoms. The van der Waals surface area contributed by atoms with E-state index in [1.54, 1.807) is 12.1 Å². The molecule has 7 heteroatoms. The van der Waals surface area contributed by atoms with Crippen LogP contribution in [0.25, 0.3) is 6.08 Å². The van der Waals surface area contributed by atoms with Crippen molar-refractivity contribution >= 4 is 24.0 Å². The summed E-state index contributed by atoms with van der Waals surface area (Å²) < 4.78 is 10.5. The molecule has 0 radical (unpaired) electrons. The number of ether oxygens (including phenoxy) is 2. The summed E-state index contributed by atoms with van der Waals surface area (Å²) in [5.41, 5.74) is 1.07. The predicted molar refractivity (Wildman–Crippen MR) is 78.1 cm³/mol. The topological polar surface area (TPSA) is 93.7 Å². The summed E-state index contributed by atoms with van der Waals surface area (Å²) in [5.74, 6) is -0.677. The summed E-state index contributed by atoms with van der Waals surface area (Å²) >= 11 is 0. The van der Waals surface area contributed by atoms with Gasteiger partial charge >= 0.3 is 12.0 Å². The summed E-state index contributed by atoms with van der Waals surface area (Å²) in [7, 11) is 1.38. The lowest BCUT2D eigenvalue weighted by Gasteiger charge is -2.18. The maximum Gasteiger partial charge on any atom is 0.338 e. The molecule has 1 heterocycles. The predicted octanol–water partition coefficient (Wildman–Crippen LogP) is 0.850. The number of para-hydroxylation sites is 1. The van der Waals surface area contributed by atoms with Gasteiger partial charge in [-0.2, -0.15) is 0 Å². The van der Waals surface area contributed by atoms with E-state index in [0.717, 1.165) is 5.56 Å². The van der Waals surface area contributed by atoms with Gasteiger partial charge < -0.3 is 14.8 Å². The highest BCUT2D eigenvalue weighted by Gasteiger charge is 2.24. The molecule has 0 fully saturated rings. The molecule has 0 unspecified atom stereocenters. The van der Waals surface area contributed by atoms with Crippen molar-refractivity contribution in [2.45, 2.75) is 13.0 Å². The zero-order valence-corrected chi connectivity index (χ0v) is 12.2. The highest BCUT2D eigenvalue weighted by atomic mass is 16.6. The van der Waals surface area contributed by atoms with Crippen LogP contribution in [0.5, 0.6) is 5.75 Å². The van der Waals surface area contributed by atoms with E-state index < -0.39 is 24.0 Å². The number of hydrogen-bond acceptors (Lipinski definition) is 5. The first-order valence-electron chi connectivity index (χ1n) is 6.67. The van der Waals surface area contributed by atoms with Gasteiger partial charge in [0, 0.05) is 12.6 Å². The molecule has 0 spiro atoms. The normalized spacial score (nSPS) is 13.8. The summed E-state index contributed by atoms with van der Waals surface area (Å²) in [6, 6.07) is 6.60. The van der Waals surface area contributed by atoms with Gasteiger partial charge in [0.05, 0.1) is 5.57 Å². The van der Waals surface area contributed by atoms with E-state index in [2.05, 4.69) is 5.32 Å². The Kier molecular flexibility index (Phi) is 4.77. The maximum atomic E-state index is 12.0. The Bertz CT molecular complexity index is 639. The quantitative estimate of drug-likeness (QED) is 0.807. The van der Waals surface area contributed by atoms with E-state index in [4.69, 9.17) is 9.47 Å². The monoisotopic (exact) mass is 304 g/mol. The summed E-state index contributed by atoms with van der Waals surface area (Å²) in [6.07, 6.45) is 0.563. The number of hydrogen-bond donors (Lipinski definition) is 2. The zero-order valence-electron chi connectivity index (χ0n) is 12.2. The van der Waals surface area contributed by atoms with Crippen LogP contribution in [-0.2, 0) is 14.3 Å². The lowest BCUT2D eigenvalue weighted by atomic mass is 10.1. The summed E-state index contributed by atoms with van der Waals surface area (Å²) in [4.78, 5) is 34.7. The third-order valence-corrected chi connectivity index (χ3v) is 3.01. The van der Waals surface area contributed by atoms with Gasteiger partial charge in [0.2, 0.25) is 0 Å². The number of fused-ring (bicyclic) bond motifs is 1. The van der Waals surface area contributed by atoms with E-state index in [1.165, 1.54) is 14.0 Å². The van der Waals surface area contributed by atoms with Crippen molar-refractivity contribution in [3.05, 3.63) is 35.4 Å². The Morgan fingerprint density at radius 1 is 1.27 bits per heavy atom. The van der Waals surface area contributed by atoms with E-state index >= 15 is 0 Å². The first-order chi connectivity index (χ1) is 10.5. The van der Waals surface area contributed by atoms with Gasteiger partial charge in [0.1, 0.15) is 12.4 Å². The number of esters is 1. The van der Waals surface area contributed by atoms with E-state index in [1.807, 2.05) is 23.5 Å². The van der Waals surface area contributed by atoms with E-state index in [-0.39, 0.29) is 6.61 Å². The molecule has 2 rings (SSSR count). The third-order valence-electron chi connectivity index (χ3n) is 3.01. The smallest absolute Gasteiger partial charge is 0.338 e. The van der Waals surface area contributed by atoms with Gasteiger partial charge in [0.15, 0.2) is 6.10 Å². The van der Waals surface area contributed by atoms with E-state index in [0.29, 0.717) is 11.3 Å². The molecule has 2 N–H and O–H groups in total. The number of urea groups is 1. The number of amides is 3. The molecule has 22 heavy (non-hydrogen) atoms. The SMILES string of the molecule is CNC(=O)NC(=O)[C@H](C)OC(=O)C1=Cc2ccccc2OC1. The second kappa shape index (κ2) is 6.75. The van der Waals surface area contributed by atoms with Crippen molar-refractivity contribution in [2.75, 3.05) is 13.7 Å². The minimum Gasteiger partial charge on any atom is -0.488 e. The van der Waals surface area contributed by atoms with Crippen molar-refractivity contribution in [1.29, 1.82) is 0 Å². The highest BCUT2D eigenvalue weighted by molar-refractivity contribution is 5.99. The molecule has 3 amide bonds. The van der Waals surface area contributed by atoms with Crippen LogP contribution in [0.15, 0.2) is 29.8 Å². The molecule has 7 nitrogen and oxygen atoms in total. The van der Waals surface area contributed by atoms with Gasteiger partial charge in [0.25, 0.3) is 5.91 Å². The summed E-state index contributed by atoms with van der Waals surface area (Å²) in [5, 5.41) is 4.27. The number of imide groups is 1. The zero-order chi connectivity index (χ0) is 16.1. The molecule has 0 saturated carbocycles. The average Bonchev–Trinajstić information content (AvgIpc) is 2.53. The number of nitrogens with one attached hydrogen (secondary N) is 2. The Morgan fingerprint density at radius 2 is 2.00 bits per heavy atom. The fourth-order valence-electron chi connectivity index (χ4n) is 1.80. The van der Waals surface area contributed by atoms with Gasteiger partial charge in [-0.1, -0.05) is 18.2 Å². The molecule has 0 aliphatic carbocycles. The van der Waals surface area contributed by atoms with Gasteiger partial charge in [-0.05, 0) is 19.1 Å². The molecular formula is C15H16N2O5. The molecule has 1 aliphatic rings. The molecule has 1 aliphatic heterocycles. The fraction of sp³-hybridized carbons (Fsp3) is 0.267. The largest absolute Gasteiger partial charge is 0.488 e. The van der Waals surface area contributed by atoms with Crippen LogP contribution in [0.4, 0.5) is 4.79 Å². The minimum absolute atomic E-state index is 0.0691. The van der Waals surface area contributed by atoms with Crippen molar-refractivity contribution in [1.82, 2.24) is 10.6 Å². The Labute approximate surface area is 127 Å². The van der Waals surface area contributed by atoms with Crippen LogP contribution < -0.4 is 15.4 Å². The number of carbonyl (C=O) groups excluding carboxylic acids is 3. The maximum absolute atomic E-state index is 12.0. The first kappa shape index (κ1) is 15.6. The lowest BCUT2D eigenvalue weighted by molar-refractivity contribution is -0.151. The fourth-order valence-corrected chi connectivity index (χ4v) is 1.80. The molecule has 1 aromatic carbocycles. The molecular weight excluding hydrogens is 288 g/mol. The van der Waals surface area contributed by atoms with Crippen molar-refractivity contribution in [2.24, 2.45) is 0 Å². The molecule has 0 aromatic heterocycles. The average molecular weight is 304 g/mol. The van der Waals surface area contributed by atoms with Gasteiger partial charge in [-0.3, -0.25) is 10.1 Å². The van der Waals surface area contributed by atoms with E-state index in [9.17, 15) is 14.4 Å². The Morgan fingerprint density at radius 3 is 2.73 bits per heavy atom. The lowest BCUT2D eigenvalue weighted by Crippen LogP contribution is -2.43. The van der Waals surface area contributed by atoms with Crippen molar-refractivity contribution in [3.63, 3.8) is 0 Å². The van der Waals surface area contributed by atoms with Gasteiger partial charge in [-0.15, -0.1) is 0 Å². The van der Waals surface area contributed by atoms with Crippen molar-refractivity contribution < 1.29 is 23.9 Å². The minimum atomic E-state index is -1.09. The van der Waals surface area contributed by atoms with Crippen LogP contribution >= 0.6 is 0 Å². The Balaban J connectivity index is 2.00. The highest BCUT2D eigenvalue weighted by Crippen LogP contribution is 2.26. The second-order valence-corrected chi connectivity index (χ2v) is 4.61. The van der Waals surface area contributed by atoms with Crippen LogP contribution in [0.3, 0.4) is 0 Å². The molecule has 0 saturated heterocycles. The number of rotatable bonds is 3. The number of carbonyl (C=O) groups is 3. The number of benzene rings is 1. The summed E-state index contributed by atoms with van der Waals surface area (Å²) in [6.45, 7) is 1.45. The first-order valence-corrected chi connectivity index (χ1v) is 6.67. The van der Waals surface area contributed by atoms with Crippen LogP contribution in [0, 0.1) is 0 Å². The Hall–Kier alpha value is -2.83. The standard InChI is InChI=1S/C15H16N2O5/c1-9(13(18)17-15(20)16-2)22-14(19)11-7-10-5-3-4-6-12(10)21-8-11/h3-7,9H,8H2,1-2H3,(H2,16,17,18,20)/t9-/m0/s1. The molecule has 116 valence electrons. The molecule has 1 aromatic rings. The van der Waals surface area contributed by atoms with Crippen LogP contribution in [0.1, 0.15) is 12.5 Å².